The van der Waals surface area contributed by atoms with E-state index in [2.05, 4.69) is 57.8 Å². The SMILES string of the molecule is Cc1cc(C)c(CN(C)c2c(C)cccc2N)c(C)c1. The maximum atomic E-state index is 6.13. The van der Waals surface area contributed by atoms with Crippen LogP contribution in [0.15, 0.2) is 30.3 Å². The van der Waals surface area contributed by atoms with Crippen LogP contribution in [0.3, 0.4) is 0 Å². The van der Waals surface area contributed by atoms with E-state index in [1.165, 1.54) is 27.8 Å². The lowest BCUT2D eigenvalue weighted by Crippen LogP contribution is -2.20. The molecule has 0 unspecified atom stereocenters. The molecule has 0 saturated heterocycles. The van der Waals surface area contributed by atoms with Crippen molar-refractivity contribution in [2.75, 3.05) is 17.7 Å². The summed E-state index contributed by atoms with van der Waals surface area (Å²) < 4.78 is 0. The van der Waals surface area contributed by atoms with Gasteiger partial charge in [0.25, 0.3) is 0 Å². The summed E-state index contributed by atoms with van der Waals surface area (Å²) in [7, 11) is 2.11. The number of nitrogens with zero attached hydrogens (tertiary/aromatic N) is 1. The Bertz CT molecular complexity index is 586. The van der Waals surface area contributed by atoms with Crippen LogP contribution in [0.1, 0.15) is 27.8 Å². The fourth-order valence-electron chi connectivity index (χ4n) is 2.98. The molecule has 0 saturated carbocycles. The van der Waals surface area contributed by atoms with Crippen LogP contribution in [-0.4, -0.2) is 7.05 Å². The second-order valence-corrected chi connectivity index (χ2v) is 5.75. The maximum Gasteiger partial charge on any atom is 0.0630 e. The predicted octanol–water partition coefficient (Wildman–Crippen LogP) is 4.14. The summed E-state index contributed by atoms with van der Waals surface area (Å²) >= 11 is 0. The first-order valence-corrected chi connectivity index (χ1v) is 7.03. The molecule has 0 bridgehead atoms. The molecule has 20 heavy (non-hydrogen) atoms. The molecule has 0 aliphatic heterocycles. The topological polar surface area (TPSA) is 29.3 Å². The standard InChI is InChI=1S/C18H24N2/c1-12-9-14(3)16(15(4)10-12)11-20(5)18-13(2)7-6-8-17(18)19/h6-10H,11,19H2,1-5H3. The zero-order valence-corrected chi connectivity index (χ0v) is 13.1. The zero-order chi connectivity index (χ0) is 14.9. The van der Waals surface area contributed by atoms with Crippen molar-refractivity contribution >= 4 is 11.4 Å². The van der Waals surface area contributed by atoms with Crippen LogP contribution in [-0.2, 0) is 6.54 Å². The monoisotopic (exact) mass is 268 g/mol. The number of nitrogens with two attached hydrogens (primary N) is 1. The molecule has 2 aromatic rings. The molecule has 0 heterocycles. The quantitative estimate of drug-likeness (QED) is 0.848. The van der Waals surface area contributed by atoms with E-state index >= 15 is 0 Å². The van der Waals surface area contributed by atoms with Gasteiger partial charge in [0, 0.05) is 13.6 Å². The molecule has 2 aromatic carbocycles. The van der Waals surface area contributed by atoms with Gasteiger partial charge in [-0.1, -0.05) is 29.8 Å². The molecule has 2 rings (SSSR count). The first-order chi connectivity index (χ1) is 9.40. The third kappa shape index (κ3) is 2.79. The van der Waals surface area contributed by atoms with Gasteiger partial charge in [-0.2, -0.15) is 0 Å². The Morgan fingerprint density at radius 1 is 0.950 bits per heavy atom. The predicted molar refractivity (Wildman–Crippen MR) is 88.4 cm³/mol. The summed E-state index contributed by atoms with van der Waals surface area (Å²) in [5, 5.41) is 0. The Balaban J connectivity index is 2.35. The summed E-state index contributed by atoms with van der Waals surface area (Å²) in [5.74, 6) is 0. The van der Waals surface area contributed by atoms with Crippen LogP contribution >= 0.6 is 0 Å². The van der Waals surface area contributed by atoms with Crippen molar-refractivity contribution in [2.45, 2.75) is 34.2 Å². The van der Waals surface area contributed by atoms with E-state index in [-0.39, 0.29) is 0 Å². The normalized spacial score (nSPS) is 10.7. The minimum absolute atomic E-state index is 0.843. The van der Waals surface area contributed by atoms with Crippen LogP contribution in [0, 0.1) is 27.7 Å². The Labute approximate surface area is 122 Å². The molecule has 0 atom stereocenters. The van der Waals surface area contributed by atoms with Gasteiger partial charge in [-0.15, -0.1) is 0 Å². The van der Waals surface area contributed by atoms with Crippen molar-refractivity contribution in [3.8, 4) is 0 Å². The zero-order valence-electron chi connectivity index (χ0n) is 13.1. The largest absolute Gasteiger partial charge is 0.397 e. The molecule has 0 amide bonds. The summed E-state index contributed by atoms with van der Waals surface area (Å²) in [6.45, 7) is 9.51. The van der Waals surface area contributed by atoms with Crippen LogP contribution < -0.4 is 10.6 Å². The minimum Gasteiger partial charge on any atom is -0.397 e. The van der Waals surface area contributed by atoms with Crippen LogP contribution in [0.2, 0.25) is 0 Å². The third-order valence-electron chi connectivity index (χ3n) is 3.89. The smallest absolute Gasteiger partial charge is 0.0630 e. The average molecular weight is 268 g/mol. The van der Waals surface area contributed by atoms with Crippen molar-refractivity contribution in [1.82, 2.24) is 0 Å². The molecule has 0 aliphatic carbocycles. The van der Waals surface area contributed by atoms with Crippen LogP contribution in [0.4, 0.5) is 11.4 Å². The van der Waals surface area contributed by atoms with Crippen LogP contribution in [0.5, 0.6) is 0 Å². The molecular weight excluding hydrogens is 244 g/mol. The maximum absolute atomic E-state index is 6.13. The van der Waals surface area contributed by atoms with E-state index in [1.54, 1.807) is 0 Å². The average Bonchev–Trinajstić information content (AvgIpc) is 2.33. The van der Waals surface area contributed by atoms with Crippen LogP contribution in [0.25, 0.3) is 0 Å². The second kappa shape index (κ2) is 5.58. The Hall–Kier alpha value is -1.96. The summed E-state index contributed by atoms with van der Waals surface area (Å²) in [6.07, 6.45) is 0. The number of hydrogen-bond acceptors (Lipinski definition) is 2. The van der Waals surface area contributed by atoms with Crippen molar-refractivity contribution < 1.29 is 0 Å². The fourth-order valence-corrected chi connectivity index (χ4v) is 2.98. The van der Waals surface area contributed by atoms with Gasteiger partial charge in [-0.3, -0.25) is 0 Å². The number of rotatable bonds is 3. The lowest BCUT2D eigenvalue weighted by molar-refractivity contribution is 0.900. The third-order valence-corrected chi connectivity index (χ3v) is 3.89. The number of anilines is 2. The van der Waals surface area contributed by atoms with Crippen molar-refractivity contribution in [3.05, 3.63) is 58.1 Å². The lowest BCUT2D eigenvalue weighted by Gasteiger charge is -2.25. The van der Waals surface area contributed by atoms with E-state index < -0.39 is 0 Å². The first kappa shape index (κ1) is 14.4. The highest BCUT2D eigenvalue weighted by Crippen LogP contribution is 2.28. The highest BCUT2D eigenvalue weighted by molar-refractivity contribution is 5.71. The van der Waals surface area contributed by atoms with Crippen molar-refractivity contribution in [1.29, 1.82) is 0 Å². The first-order valence-electron chi connectivity index (χ1n) is 7.03. The van der Waals surface area contributed by atoms with E-state index in [9.17, 15) is 0 Å². The number of hydrogen-bond donors (Lipinski definition) is 1. The molecule has 2 nitrogen and oxygen atoms in total. The highest BCUT2D eigenvalue weighted by atomic mass is 15.1. The van der Waals surface area contributed by atoms with E-state index in [4.69, 9.17) is 5.73 Å². The van der Waals surface area contributed by atoms with Crippen molar-refractivity contribution in [3.63, 3.8) is 0 Å². The Kier molecular flexibility index (Phi) is 4.03. The molecule has 106 valence electrons. The van der Waals surface area contributed by atoms with Crippen molar-refractivity contribution in [2.24, 2.45) is 0 Å². The molecule has 0 radical (unpaired) electrons. The molecule has 0 fully saturated rings. The Morgan fingerprint density at radius 3 is 2.10 bits per heavy atom. The van der Waals surface area contributed by atoms with Gasteiger partial charge in [0.1, 0.15) is 0 Å². The highest BCUT2D eigenvalue weighted by Gasteiger charge is 2.12. The van der Waals surface area contributed by atoms with Gasteiger partial charge in [0.15, 0.2) is 0 Å². The second-order valence-electron chi connectivity index (χ2n) is 5.75. The van der Waals surface area contributed by atoms with Gasteiger partial charge in [0.05, 0.1) is 11.4 Å². The molecule has 2 heteroatoms. The number of benzene rings is 2. The van der Waals surface area contributed by atoms with Gasteiger partial charge in [-0.25, -0.2) is 0 Å². The van der Waals surface area contributed by atoms with E-state index in [1.807, 2.05) is 12.1 Å². The van der Waals surface area contributed by atoms with E-state index in [0.29, 0.717) is 0 Å². The molecule has 2 N–H and O–H groups in total. The summed E-state index contributed by atoms with van der Waals surface area (Å²) in [6, 6.07) is 10.6. The number of aryl methyl sites for hydroxylation is 4. The Morgan fingerprint density at radius 2 is 1.55 bits per heavy atom. The number of para-hydroxylation sites is 1. The van der Waals surface area contributed by atoms with Gasteiger partial charge >= 0.3 is 0 Å². The molecule has 0 spiro atoms. The molecule has 0 aromatic heterocycles. The van der Waals surface area contributed by atoms with Gasteiger partial charge < -0.3 is 10.6 Å². The number of nitrogen functional groups attached to an aromatic ring is 1. The van der Waals surface area contributed by atoms with E-state index in [0.717, 1.165) is 17.9 Å². The van der Waals surface area contributed by atoms with Gasteiger partial charge in [-0.05, 0) is 56.0 Å². The summed E-state index contributed by atoms with van der Waals surface area (Å²) in [5.41, 5.74) is 14.7. The lowest BCUT2D eigenvalue weighted by atomic mass is 9.99. The molecular formula is C18H24N2. The fraction of sp³-hybridized carbons (Fsp3) is 0.333. The van der Waals surface area contributed by atoms with Gasteiger partial charge in [0.2, 0.25) is 0 Å². The summed E-state index contributed by atoms with van der Waals surface area (Å²) in [4.78, 5) is 2.25. The minimum atomic E-state index is 0.843. The molecule has 0 aliphatic rings.